The Balaban J connectivity index is 0. The summed E-state index contributed by atoms with van der Waals surface area (Å²) in [6.45, 7) is -5.33. The van der Waals surface area contributed by atoms with Crippen LogP contribution in [-0.2, 0) is 49.8 Å². The molecule has 1 aromatic rings. The molecule has 1 aromatic carbocycles. The molecule has 27 heavy (non-hydrogen) atoms. The van der Waals surface area contributed by atoms with Crippen LogP contribution in [0.4, 0.5) is 0 Å². The molecule has 0 unspecified atom stereocenters. The third-order valence-electron chi connectivity index (χ3n) is 3.27. The third-order valence-corrected chi connectivity index (χ3v) is 4.25. The average molecular weight is 541 g/mol. The molecular formula is C16H31MoO6P2S2. The van der Waals surface area contributed by atoms with Gasteiger partial charge in [-0.15, -0.1) is 0 Å². The van der Waals surface area contributed by atoms with Crippen LogP contribution in [0.2, 0.25) is 0 Å². The standard InChI is InChI=1S/C16H25.Mo.2H3O3PS/c1-2-3-4-5-6-7-8-10-13-16-14-11-9-12-15-16;;2*1-4(2,3)5/h9,11-12,14H,2-8,10,13H2,1H3;;2*(H3,1,2,3,5). The maximum Gasteiger partial charge on any atom is 0.319 e. The quantitative estimate of drug-likeness (QED) is 0.160. The van der Waals surface area contributed by atoms with Crippen LogP contribution in [0.3, 0.4) is 0 Å². The molecule has 11 heteroatoms. The molecule has 0 aliphatic carbocycles. The zero-order valence-corrected chi connectivity index (χ0v) is 20.9. The van der Waals surface area contributed by atoms with E-state index in [9.17, 15) is 0 Å². The normalized spacial score (nSPS) is 11.1. The molecular weight excluding hydrogens is 510 g/mol. The number of rotatable bonds is 9. The van der Waals surface area contributed by atoms with Crippen molar-refractivity contribution in [1.82, 2.24) is 0 Å². The van der Waals surface area contributed by atoms with Crippen molar-refractivity contribution < 1.29 is 49.2 Å². The van der Waals surface area contributed by atoms with Crippen molar-refractivity contribution in [2.24, 2.45) is 0 Å². The van der Waals surface area contributed by atoms with Gasteiger partial charge in [0.2, 0.25) is 0 Å². The van der Waals surface area contributed by atoms with Crippen molar-refractivity contribution in [3.8, 4) is 0 Å². The molecule has 0 radical (unpaired) electrons. The Morgan fingerprint density at radius 3 is 1.52 bits per heavy atom. The fourth-order valence-corrected chi connectivity index (χ4v) is 2.77. The third kappa shape index (κ3) is 34.8. The van der Waals surface area contributed by atoms with Gasteiger partial charge in [0.25, 0.3) is 0 Å². The molecule has 0 fully saturated rings. The van der Waals surface area contributed by atoms with Crippen LogP contribution < -0.4 is 3.95 Å². The van der Waals surface area contributed by atoms with E-state index in [1.165, 1.54) is 61.7 Å². The fourth-order valence-electron chi connectivity index (χ4n) is 2.16. The second kappa shape index (κ2) is 17.8. The first-order valence-electron chi connectivity index (χ1n) is 8.66. The van der Waals surface area contributed by atoms with E-state index >= 15 is 0 Å². The van der Waals surface area contributed by atoms with Crippen LogP contribution in [0.25, 0.3) is 0 Å². The maximum atomic E-state index is 7.56. The molecule has 0 saturated carbocycles. The Morgan fingerprint density at radius 2 is 1.11 bits per heavy atom. The van der Waals surface area contributed by atoms with Crippen molar-refractivity contribution in [3.05, 3.63) is 29.8 Å². The molecule has 0 amide bonds. The summed E-state index contributed by atoms with van der Waals surface area (Å²) in [5, 5.41) is 0. The zero-order chi connectivity index (χ0) is 21.3. The molecule has 0 saturated heterocycles. The molecule has 0 aromatic heterocycles. The predicted octanol–water partition coefficient (Wildman–Crippen LogP) is 2.92. The van der Waals surface area contributed by atoms with Crippen molar-refractivity contribution in [3.63, 3.8) is 0 Å². The second-order valence-corrected chi connectivity index (χ2v) is 11.9. The molecule has 159 valence electrons. The largest absolute Gasteiger partial charge is 0.325 e. The van der Waals surface area contributed by atoms with Crippen LogP contribution in [-0.4, -0.2) is 29.4 Å². The van der Waals surface area contributed by atoms with E-state index in [0.29, 0.717) is 0 Å². The van der Waals surface area contributed by atoms with Gasteiger partial charge in [-0.2, -0.15) is 0 Å². The number of hydrogen-bond acceptors (Lipinski definition) is 2. The average Bonchev–Trinajstić information content (AvgIpc) is 2.48. The van der Waals surface area contributed by atoms with Crippen molar-refractivity contribution in [1.29, 1.82) is 0 Å². The smallest absolute Gasteiger partial charge is 0.319 e. The molecule has 0 atom stereocenters. The Hall–Kier alpha value is 0.968. The maximum absolute atomic E-state index is 7.56. The Bertz CT molecular complexity index is 543. The van der Waals surface area contributed by atoms with Gasteiger partial charge in [-0.05, 0) is 23.6 Å². The minimum Gasteiger partial charge on any atom is -0.325 e. The van der Waals surface area contributed by atoms with Gasteiger partial charge >= 0.3 is 132 Å². The van der Waals surface area contributed by atoms with Gasteiger partial charge in [-0.25, -0.2) is 0 Å². The van der Waals surface area contributed by atoms with Gasteiger partial charge in [-0.1, -0.05) is 0 Å². The molecule has 0 bridgehead atoms. The van der Waals surface area contributed by atoms with Gasteiger partial charge in [0, 0.05) is 0 Å². The van der Waals surface area contributed by atoms with Gasteiger partial charge in [0.1, 0.15) is 0 Å². The van der Waals surface area contributed by atoms with Gasteiger partial charge in [-0.3, -0.25) is 0 Å². The number of benzene rings is 1. The first-order valence-corrected chi connectivity index (χ1v) is 15.0. The predicted molar refractivity (Wildman–Crippen MR) is 114 cm³/mol. The topological polar surface area (TPSA) is 121 Å². The first kappa shape index (κ1) is 30.2. The fraction of sp³-hybridized carbons (Fsp3) is 0.625. The molecule has 0 spiro atoms. The number of unbranched alkanes of at least 4 members (excludes halogenated alkanes) is 7. The number of aryl methyl sites for hydroxylation is 1. The summed E-state index contributed by atoms with van der Waals surface area (Å²) >= 11 is 9.36. The number of hydrogen-bond donors (Lipinski definition) is 6. The molecule has 1 rings (SSSR count). The van der Waals surface area contributed by atoms with Crippen molar-refractivity contribution in [2.45, 2.75) is 64.7 Å². The van der Waals surface area contributed by atoms with E-state index < -0.39 is 13.4 Å². The van der Waals surface area contributed by atoms with Crippen LogP contribution in [0.5, 0.6) is 0 Å². The van der Waals surface area contributed by atoms with Crippen LogP contribution in [0.15, 0.2) is 24.3 Å². The Morgan fingerprint density at radius 1 is 0.741 bits per heavy atom. The van der Waals surface area contributed by atoms with Crippen LogP contribution >= 0.6 is 13.4 Å². The zero-order valence-electron chi connectivity index (χ0n) is 15.5. The van der Waals surface area contributed by atoms with E-state index in [0.717, 1.165) is 0 Å². The minimum atomic E-state index is -3.81. The molecule has 6 nitrogen and oxygen atoms in total. The van der Waals surface area contributed by atoms with E-state index in [-0.39, 0.29) is 0 Å². The Labute approximate surface area is 184 Å². The summed E-state index contributed by atoms with van der Waals surface area (Å²) < 4.78 is 1.46. The van der Waals surface area contributed by atoms with Gasteiger partial charge in [0.05, 0.1) is 0 Å². The van der Waals surface area contributed by atoms with E-state index in [2.05, 4.69) is 74.6 Å². The summed E-state index contributed by atoms with van der Waals surface area (Å²) in [6.07, 6.45) is 12.6. The van der Waals surface area contributed by atoms with Crippen molar-refractivity contribution in [2.75, 3.05) is 0 Å². The molecule has 0 aliphatic heterocycles. The van der Waals surface area contributed by atoms with Crippen LogP contribution in [0, 0.1) is 0 Å². The summed E-state index contributed by atoms with van der Waals surface area (Å²) in [7, 11) is 0. The second-order valence-electron chi connectivity index (χ2n) is 5.86. The van der Waals surface area contributed by atoms with E-state index in [4.69, 9.17) is 29.4 Å². The van der Waals surface area contributed by atoms with Gasteiger partial charge < -0.3 is 29.4 Å². The van der Waals surface area contributed by atoms with E-state index in [1.54, 1.807) is 5.56 Å². The summed E-state index contributed by atoms with van der Waals surface area (Å²) in [5.74, 6) is 0. The van der Waals surface area contributed by atoms with Gasteiger partial charge in [0.15, 0.2) is 0 Å². The molecule has 0 heterocycles. The summed E-state index contributed by atoms with van der Waals surface area (Å²) in [4.78, 5) is 45.3. The monoisotopic (exact) mass is 543 g/mol. The van der Waals surface area contributed by atoms with E-state index in [1.807, 2.05) is 0 Å². The summed E-state index contributed by atoms with van der Waals surface area (Å²) in [5.41, 5.74) is 1.54. The van der Waals surface area contributed by atoms with Crippen LogP contribution in [0.1, 0.15) is 63.9 Å². The van der Waals surface area contributed by atoms with Crippen molar-refractivity contribution >= 4 is 41.0 Å². The minimum absolute atomic E-state index is 1.27. The molecule has 6 N–H and O–H groups in total. The molecule has 0 aliphatic rings. The SMILES string of the molecule is CCCCCCCCCCc1cccc[c]1[Mo].OP(O)(O)=S.OP(O)(O)=S. The first-order chi connectivity index (χ1) is 12.3. The summed E-state index contributed by atoms with van der Waals surface area (Å²) in [6, 6.07) is 8.80. The Kier molecular flexibility index (Phi) is 19.9.